The van der Waals surface area contributed by atoms with Crippen molar-refractivity contribution < 1.29 is 58.0 Å². The van der Waals surface area contributed by atoms with Gasteiger partial charge in [-0.05, 0) is 73.2 Å². The number of aromatic hydroxyl groups is 1. The molecule has 3 N–H and O–H groups in total. The van der Waals surface area contributed by atoms with Crippen LogP contribution in [-0.2, 0) is 20.9 Å². The number of piperazine rings is 1. The first-order valence-corrected chi connectivity index (χ1v) is 21.8. The number of aromatic nitrogens is 3. The number of nitrogens with one attached hydrogen (secondary N) is 2. The maximum atomic E-state index is 16.1. The van der Waals surface area contributed by atoms with Gasteiger partial charge in [-0.25, -0.2) is 18.2 Å². The highest BCUT2D eigenvalue weighted by Gasteiger charge is 2.48. The number of nitrogens with zero attached hydrogens (tertiary/aromatic N) is 8. The molecule has 5 aliphatic heterocycles. The number of halogens is 3. The van der Waals surface area contributed by atoms with Crippen LogP contribution in [-0.4, -0.2) is 122 Å². The van der Waals surface area contributed by atoms with E-state index in [9.17, 15) is 38.3 Å². The topological polar surface area (TPSA) is 202 Å². The van der Waals surface area contributed by atoms with Crippen LogP contribution < -0.4 is 20.4 Å². The summed E-state index contributed by atoms with van der Waals surface area (Å²) >= 11 is 1.13. The number of anilines is 3. The smallest absolute Gasteiger partial charge is 0.265 e. The molecule has 5 aliphatic rings. The van der Waals surface area contributed by atoms with Crippen LogP contribution in [0.4, 0.5) is 29.8 Å². The fourth-order valence-electron chi connectivity index (χ4n) is 8.79. The van der Waals surface area contributed by atoms with Gasteiger partial charge >= 0.3 is 0 Å². The molecule has 10 rings (SSSR count). The standard InChI is InChI=1S/C46H41F3N10O7S/c47-27-3-6-34(60)29(20-27)40(42(63)52-46-50-11-18-67-46)58-23-26-2-1-25(19-28(26)43(58)64)31-4-7-35(54-53-31)57-12-9-24(10-13-57)22-55-14-16-56(17-15-55)33-21-30-37(39(49)38(33)48)45(66)59(44(30)65)32-5-8-36(61)51-41(32)62/h1-4,6-7,11,18-21,24,32,40,60H,5,8-10,12-17,22-23H2,(H,50,52,63)(H,51,61,62)/i14D2,15D2,16D2,17D2. The maximum absolute atomic E-state index is 16.1. The molecule has 5 aromatic rings. The average Bonchev–Trinajstić information content (AvgIpc) is 4.06. The molecule has 67 heavy (non-hydrogen) atoms. The first-order chi connectivity index (χ1) is 35.3. The summed E-state index contributed by atoms with van der Waals surface area (Å²) in [7, 11) is 0. The number of phenolic OH excluding ortho intramolecular Hbond substituents is 1. The number of thiazole rings is 1. The lowest BCUT2D eigenvalue weighted by atomic mass is 9.96. The monoisotopic (exact) mass is 942 g/mol. The van der Waals surface area contributed by atoms with E-state index in [1.165, 1.54) is 11.1 Å². The van der Waals surface area contributed by atoms with Crippen LogP contribution in [0.3, 0.4) is 0 Å². The Hall–Kier alpha value is -7.26. The zero-order valence-corrected chi connectivity index (χ0v) is 35.6. The molecule has 0 bridgehead atoms. The molecule has 0 saturated carbocycles. The van der Waals surface area contributed by atoms with E-state index in [-0.39, 0.29) is 66.5 Å². The molecule has 3 saturated heterocycles. The number of phenols is 1. The average molecular weight is 943 g/mol. The molecule has 344 valence electrons. The van der Waals surface area contributed by atoms with Gasteiger partial charge in [0.2, 0.25) is 11.8 Å². The number of amides is 6. The largest absolute Gasteiger partial charge is 0.508 e. The first kappa shape index (κ1) is 35.0. The second-order valence-electron chi connectivity index (χ2n) is 16.2. The number of imide groups is 2. The number of benzene rings is 3. The lowest BCUT2D eigenvalue weighted by Crippen LogP contribution is -2.54. The highest BCUT2D eigenvalue weighted by Crippen LogP contribution is 2.39. The molecule has 0 spiro atoms. The quantitative estimate of drug-likeness (QED) is 0.166. The summed E-state index contributed by atoms with van der Waals surface area (Å²) < 4.78 is 118. The highest BCUT2D eigenvalue weighted by molar-refractivity contribution is 7.13. The van der Waals surface area contributed by atoms with Crippen molar-refractivity contribution in [2.75, 3.05) is 60.7 Å². The summed E-state index contributed by atoms with van der Waals surface area (Å²) in [6.07, 6.45) is 1.31. The van der Waals surface area contributed by atoms with Gasteiger partial charge < -0.3 is 19.8 Å². The minimum atomic E-state index is -3.70. The third kappa shape index (κ3) is 8.11. The third-order valence-corrected chi connectivity index (χ3v) is 12.9. The molecule has 21 heteroatoms. The van der Waals surface area contributed by atoms with Crippen molar-refractivity contribution in [2.45, 2.75) is 44.3 Å². The molecule has 6 amide bonds. The normalized spacial score (nSPS) is 24.3. The van der Waals surface area contributed by atoms with Gasteiger partial charge in [0.1, 0.15) is 23.7 Å². The van der Waals surface area contributed by atoms with Crippen molar-refractivity contribution in [3.05, 3.63) is 111 Å². The van der Waals surface area contributed by atoms with E-state index in [2.05, 4.69) is 20.5 Å². The van der Waals surface area contributed by atoms with Crippen molar-refractivity contribution in [3.63, 3.8) is 0 Å². The summed E-state index contributed by atoms with van der Waals surface area (Å²) in [4.78, 5) is 86.5. The van der Waals surface area contributed by atoms with E-state index in [1.54, 1.807) is 35.7 Å². The van der Waals surface area contributed by atoms with Crippen molar-refractivity contribution in [2.24, 2.45) is 5.92 Å². The number of hydrogen-bond acceptors (Lipinski definition) is 14. The molecule has 0 radical (unpaired) electrons. The van der Waals surface area contributed by atoms with Crippen LogP contribution in [0.5, 0.6) is 5.75 Å². The molecule has 17 nitrogen and oxygen atoms in total. The Morgan fingerprint density at radius 3 is 2.39 bits per heavy atom. The SMILES string of the molecule is [2H]C1([2H])N(CC2CCN(c3ccc(-c4ccc5c(c4)C(=O)N(C(C(=O)Nc4nccs4)c4cc(F)ccc4O)C5)nn3)CC2)C([2H])([2H])C([2H])([2H])N(c2cc3c(c(F)c2F)C(=O)N(C2CCC(=O)NC2=O)C3=O)C1([2H])[2H]. The van der Waals surface area contributed by atoms with Crippen molar-refractivity contribution in [1.29, 1.82) is 0 Å². The van der Waals surface area contributed by atoms with E-state index in [1.807, 2.05) is 10.2 Å². The number of hydrogen-bond donors (Lipinski definition) is 3. The van der Waals surface area contributed by atoms with Crippen LogP contribution in [0.1, 0.15) is 84.9 Å². The van der Waals surface area contributed by atoms with Gasteiger partial charge in [-0.2, -0.15) is 0 Å². The van der Waals surface area contributed by atoms with E-state index in [0.29, 0.717) is 38.5 Å². The zero-order chi connectivity index (χ0) is 53.8. The summed E-state index contributed by atoms with van der Waals surface area (Å²) in [6, 6.07) is 8.79. The summed E-state index contributed by atoms with van der Waals surface area (Å²) in [5, 5.41) is 25.9. The van der Waals surface area contributed by atoms with E-state index in [4.69, 9.17) is 11.0 Å². The summed E-state index contributed by atoms with van der Waals surface area (Å²) in [6.45, 7) is -14.4. The predicted octanol–water partition coefficient (Wildman–Crippen LogP) is 4.50. The zero-order valence-electron chi connectivity index (χ0n) is 42.8. The minimum absolute atomic E-state index is 0.0495. The van der Waals surface area contributed by atoms with E-state index >= 15 is 8.78 Å². The molecule has 3 fully saturated rings. The third-order valence-electron chi connectivity index (χ3n) is 12.2. The van der Waals surface area contributed by atoms with Gasteiger partial charge in [0.25, 0.3) is 23.6 Å². The fraction of sp³-hybridized carbons (Fsp3) is 0.326. The fourth-order valence-corrected chi connectivity index (χ4v) is 9.32. The van der Waals surface area contributed by atoms with Crippen LogP contribution in [0, 0.1) is 23.4 Å². The van der Waals surface area contributed by atoms with Gasteiger partial charge in [0, 0.05) is 92.3 Å². The van der Waals surface area contributed by atoms with Crippen molar-refractivity contribution >= 4 is 63.4 Å². The Morgan fingerprint density at radius 1 is 0.881 bits per heavy atom. The lowest BCUT2D eigenvalue weighted by molar-refractivity contribution is -0.136. The van der Waals surface area contributed by atoms with E-state index in [0.717, 1.165) is 29.5 Å². The first-order valence-electron chi connectivity index (χ1n) is 24.9. The van der Waals surface area contributed by atoms with Gasteiger partial charge in [-0.1, -0.05) is 12.1 Å². The Balaban J connectivity index is 0.825. The Kier molecular flexibility index (Phi) is 9.15. The van der Waals surface area contributed by atoms with Crippen LogP contribution >= 0.6 is 11.3 Å². The molecule has 3 aromatic carbocycles. The second-order valence-corrected chi connectivity index (χ2v) is 17.1. The lowest BCUT2D eigenvalue weighted by Gasteiger charge is -2.40. The summed E-state index contributed by atoms with van der Waals surface area (Å²) in [5.74, 6) is -11.3. The Bertz CT molecular complexity index is 3220. The Morgan fingerprint density at radius 2 is 1.67 bits per heavy atom. The van der Waals surface area contributed by atoms with Gasteiger partial charge in [-0.15, -0.1) is 21.5 Å². The number of carbonyl (C=O) groups excluding carboxylic acids is 6. The molecule has 2 unspecified atom stereocenters. The minimum Gasteiger partial charge on any atom is -0.508 e. The number of fused-ring (bicyclic) bond motifs is 2. The number of rotatable bonds is 10. The van der Waals surface area contributed by atoms with Crippen molar-refractivity contribution in [3.8, 4) is 17.0 Å². The molecule has 7 heterocycles. The van der Waals surface area contributed by atoms with Crippen LogP contribution in [0.25, 0.3) is 11.3 Å². The maximum Gasteiger partial charge on any atom is 0.265 e. The molecule has 0 aliphatic carbocycles. The molecule has 2 atom stereocenters. The second kappa shape index (κ2) is 17.5. The van der Waals surface area contributed by atoms with Gasteiger partial charge in [-0.3, -0.25) is 49.2 Å². The Labute approximate surface area is 395 Å². The molecular weight excluding hydrogens is 894 g/mol. The molecule has 2 aromatic heterocycles. The summed E-state index contributed by atoms with van der Waals surface area (Å²) in [5.41, 5.74) is -1.97. The van der Waals surface area contributed by atoms with Gasteiger partial charge in [0.05, 0.1) is 28.0 Å². The van der Waals surface area contributed by atoms with E-state index < -0.39 is 126 Å². The van der Waals surface area contributed by atoms with Gasteiger partial charge in [0.15, 0.2) is 22.6 Å². The number of piperidine rings is 2. The van der Waals surface area contributed by atoms with Crippen LogP contribution in [0.15, 0.2) is 66.2 Å². The molecular formula is C46H41F3N10O7S. The predicted molar refractivity (Wildman–Crippen MR) is 236 cm³/mol. The van der Waals surface area contributed by atoms with Crippen molar-refractivity contribution in [1.82, 2.24) is 35.2 Å². The highest BCUT2D eigenvalue weighted by atomic mass is 32.1. The number of carbonyl (C=O) groups is 6. The van der Waals surface area contributed by atoms with Crippen LogP contribution in [0.2, 0.25) is 0 Å².